The Morgan fingerprint density at radius 1 is 0.872 bits per heavy atom. The smallest absolute Gasteiger partial charge is 0.173 e. The molecule has 4 aliphatic carbocycles. The molecule has 5 fully saturated rings. The van der Waals surface area contributed by atoms with Gasteiger partial charge in [-0.2, -0.15) is 24.0 Å². The van der Waals surface area contributed by atoms with E-state index >= 15 is 0 Å². The number of rotatable bonds is 5. The molecule has 7 nitrogen and oxygen atoms in total. The summed E-state index contributed by atoms with van der Waals surface area (Å²) < 4.78 is 11.9. The van der Waals surface area contributed by atoms with E-state index in [4.69, 9.17) is 24.9 Å². The van der Waals surface area contributed by atoms with Gasteiger partial charge in [-0.25, -0.2) is 0 Å². The fourth-order valence-electron chi connectivity index (χ4n) is 8.16. The van der Waals surface area contributed by atoms with E-state index < -0.39 is 5.79 Å². The summed E-state index contributed by atoms with van der Waals surface area (Å²) in [6.07, 6.45) is 16.0. The number of fused-ring (bicyclic) bond motifs is 3. The molecule has 6 atom stereocenters. The van der Waals surface area contributed by atoms with Crippen LogP contribution in [0, 0.1) is 57.2 Å². The van der Waals surface area contributed by atoms with Crippen LogP contribution in [-0.2, 0) is 14.3 Å². The molecule has 2 N–H and O–H groups in total. The molecule has 0 radical (unpaired) electrons. The molecule has 5 aliphatic rings. The highest BCUT2D eigenvalue weighted by atomic mass is 32.1. The van der Waals surface area contributed by atoms with Crippen molar-refractivity contribution in [3.05, 3.63) is 25.3 Å². The number of carbonyl (C=O) groups is 1. The zero-order valence-corrected chi connectivity index (χ0v) is 23.7. The third kappa shape index (κ3) is 7.16. The monoisotopic (exact) mass is 562 g/mol. The maximum atomic E-state index is 11.9. The Hall–Kier alpha value is -1.68. The minimum absolute atomic E-state index is 0. The van der Waals surface area contributed by atoms with Crippen LogP contribution < -0.4 is 0 Å². The van der Waals surface area contributed by atoms with E-state index in [9.17, 15) is 10.1 Å². The van der Waals surface area contributed by atoms with Gasteiger partial charge in [0.05, 0.1) is 50.4 Å². The second kappa shape index (κ2) is 15.9. The van der Waals surface area contributed by atoms with Gasteiger partial charge in [0.1, 0.15) is 5.78 Å². The lowest BCUT2D eigenvalue weighted by molar-refractivity contribution is -0.208. The molecule has 0 aromatic carbocycles. The van der Waals surface area contributed by atoms with E-state index in [1.165, 1.54) is 6.42 Å². The minimum atomic E-state index is -0.455. The minimum Gasteiger partial charge on any atom is -0.394 e. The molecule has 8 heteroatoms. The van der Waals surface area contributed by atoms with Gasteiger partial charge in [0.25, 0.3) is 0 Å². The number of aliphatic hydroxyl groups is 2. The lowest BCUT2D eigenvalue weighted by Crippen LogP contribution is -2.47. The Kier molecular flexibility index (Phi) is 14.4. The summed E-state index contributed by atoms with van der Waals surface area (Å²) in [4.78, 5) is 11.9. The van der Waals surface area contributed by atoms with E-state index in [-0.39, 0.29) is 68.6 Å². The van der Waals surface area contributed by atoms with Crippen LogP contribution >= 0.6 is 13.5 Å². The number of nitriles is 2. The Balaban J connectivity index is 0.000000332. The summed E-state index contributed by atoms with van der Waals surface area (Å²) in [7, 11) is 0. The maximum absolute atomic E-state index is 11.9. The number of hydrogen-bond donors (Lipinski definition) is 2. The highest BCUT2D eigenvalue weighted by molar-refractivity contribution is 7.59. The summed E-state index contributed by atoms with van der Waals surface area (Å²) >= 11 is 0. The van der Waals surface area contributed by atoms with E-state index in [0.29, 0.717) is 25.4 Å². The van der Waals surface area contributed by atoms with Crippen molar-refractivity contribution in [2.24, 2.45) is 34.5 Å². The van der Waals surface area contributed by atoms with Gasteiger partial charge in [-0.3, -0.25) is 4.79 Å². The molecule has 1 spiro atoms. The molecular formula is C31H50N2O5S. The van der Waals surface area contributed by atoms with Crippen molar-refractivity contribution >= 4 is 19.3 Å². The average molecular weight is 563 g/mol. The summed E-state index contributed by atoms with van der Waals surface area (Å²) in [6, 6.07) is 4.85. The molecule has 0 aromatic rings. The highest BCUT2D eigenvalue weighted by Crippen LogP contribution is 2.62. The van der Waals surface area contributed by atoms with Gasteiger partial charge in [0.2, 0.25) is 0 Å². The zero-order chi connectivity index (χ0) is 26.9. The van der Waals surface area contributed by atoms with Crippen LogP contribution in [0.3, 0.4) is 0 Å². The molecule has 0 bridgehead atoms. The predicted octanol–water partition coefficient (Wildman–Crippen LogP) is 5.60. The van der Waals surface area contributed by atoms with Gasteiger partial charge in [-0.15, -0.1) is 13.2 Å². The topological polar surface area (TPSA) is 124 Å². The van der Waals surface area contributed by atoms with E-state index in [1.807, 2.05) is 12.2 Å². The molecule has 0 amide bonds. The van der Waals surface area contributed by atoms with Crippen LogP contribution in [0.15, 0.2) is 25.3 Å². The maximum Gasteiger partial charge on any atom is 0.173 e. The number of nitrogens with zero attached hydrogens (tertiary/aromatic N) is 2. The van der Waals surface area contributed by atoms with E-state index in [1.54, 1.807) is 0 Å². The first kappa shape index (κ1) is 35.3. The molecule has 220 valence electrons. The van der Waals surface area contributed by atoms with E-state index in [2.05, 4.69) is 25.3 Å². The van der Waals surface area contributed by atoms with Crippen LogP contribution in [-0.4, -0.2) is 48.2 Å². The second-order valence-corrected chi connectivity index (χ2v) is 11.3. The van der Waals surface area contributed by atoms with Gasteiger partial charge < -0.3 is 19.7 Å². The fraction of sp³-hybridized carbons (Fsp3) is 0.774. The SMILES string of the molecule is C.C=CC[C@@]12CCC[C@@H](C#N)[C@@H]1C(=O)CC2.C=CC[C@@]12CCC[C@@H](C#N)[C@@H]1C1(CC2)OCCO1.OCCO.S. The normalized spacial score (nSPS) is 35.1. The van der Waals surface area contributed by atoms with Crippen LogP contribution in [0.5, 0.6) is 0 Å². The average Bonchev–Trinajstić information content (AvgIpc) is 3.62. The number of Topliss-reactive ketones (excluding diaryl/α,β-unsaturated/α-hetero) is 1. The Labute approximate surface area is 242 Å². The van der Waals surface area contributed by atoms with Crippen molar-refractivity contribution in [1.29, 1.82) is 10.5 Å². The standard InChI is InChI=1S/C15H21NO2.C13H17NO.C2H6O2.CH4.H2S/c1-2-5-14-6-3-4-12(11-16)13(14)15(8-7-14)17-9-10-18-15;1-2-6-13-7-3-4-10(9-14)12(13)11(15)5-8-13;3-1-2-4;;/h2,12-13H,1,3-10H2;2,10,12H,1,3-8H2;3-4H,1-2H2;1H4;1H2/t12-,13-,14-;10-,12+,13-;;;/m00.../s1. The first-order chi connectivity index (χ1) is 17.9. The molecule has 1 aliphatic heterocycles. The summed E-state index contributed by atoms with van der Waals surface area (Å²) in [5, 5.41) is 33.8. The van der Waals surface area contributed by atoms with Crippen molar-refractivity contribution in [1.82, 2.24) is 0 Å². The molecule has 5 rings (SSSR count). The van der Waals surface area contributed by atoms with Gasteiger partial charge in [0, 0.05) is 24.7 Å². The molecule has 0 aromatic heterocycles. The first-order valence-corrected chi connectivity index (χ1v) is 13.9. The van der Waals surface area contributed by atoms with Gasteiger partial charge >= 0.3 is 0 Å². The van der Waals surface area contributed by atoms with Crippen molar-refractivity contribution in [3.8, 4) is 12.1 Å². The number of ketones is 1. The van der Waals surface area contributed by atoms with Gasteiger partial charge in [0.15, 0.2) is 5.79 Å². The lowest BCUT2D eigenvalue weighted by Gasteiger charge is -2.45. The van der Waals surface area contributed by atoms with Crippen molar-refractivity contribution in [2.45, 2.75) is 90.3 Å². The number of hydrogen-bond acceptors (Lipinski definition) is 7. The van der Waals surface area contributed by atoms with Crippen molar-refractivity contribution in [3.63, 3.8) is 0 Å². The first-order valence-electron chi connectivity index (χ1n) is 13.9. The molecule has 1 heterocycles. The largest absolute Gasteiger partial charge is 0.394 e. The van der Waals surface area contributed by atoms with Crippen LogP contribution in [0.2, 0.25) is 0 Å². The van der Waals surface area contributed by atoms with Crippen molar-refractivity contribution < 1.29 is 24.5 Å². The zero-order valence-electron chi connectivity index (χ0n) is 22.7. The molecule has 1 saturated heterocycles. The van der Waals surface area contributed by atoms with Crippen molar-refractivity contribution in [2.75, 3.05) is 26.4 Å². The number of aliphatic hydroxyl groups excluding tert-OH is 2. The number of allylic oxidation sites excluding steroid dienone is 2. The van der Waals surface area contributed by atoms with Gasteiger partial charge in [-0.1, -0.05) is 32.4 Å². The summed E-state index contributed by atoms with van der Waals surface area (Å²) in [5.41, 5.74) is 0.294. The Morgan fingerprint density at radius 2 is 1.41 bits per heavy atom. The van der Waals surface area contributed by atoms with Crippen LogP contribution in [0.1, 0.15) is 84.5 Å². The lowest BCUT2D eigenvalue weighted by atomic mass is 9.61. The highest BCUT2D eigenvalue weighted by Gasteiger charge is 2.63. The molecule has 4 saturated carbocycles. The summed E-state index contributed by atoms with van der Waals surface area (Å²) in [6.45, 7) is 8.81. The Morgan fingerprint density at radius 3 is 1.95 bits per heavy atom. The fourth-order valence-corrected chi connectivity index (χ4v) is 8.16. The quantitative estimate of drug-likeness (QED) is 0.418. The van der Waals surface area contributed by atoms with E-state index in [0.717, 1.165) is 64.2 Å². The molecular weight excluding hydrogens is 512 g/mol. The number of carbonyl (C=O) groups excluding carboxylic acids is 1. The van der Waals surface area contributed by atoms with Gasteiger partial charge in [-0.05, 0) is 62.2 Å². The van der Waals surface area contributed by atoms with Crippen LogP contribution in [0.4, 0.5) is 0 Å². The summed E-state index contributed by atoms with van der Waals surface area (Å²) in [5.74, 6) is 0.165. The third-order valence-corrected chi connectivity index (χ3v) is 9.47. The van der Waals surface area contributed by atoms with Crippen LogP contribution in [0.25, 0.3) is 0 Å². The molecule has 0 unspecified atom stereocenters. The number of ether oxygens (including phenoxy) is 2. The second-order valence-electron chi connectivity index (χ2n) is 11.3. The predicted molar refractivity (Wildman–Crippen MR) is 157 cm³/mol. The molecule has 39 heavy (non-hydrogen) atoms. The third-order valence-electron chi connectivity index (χ3n) is 9.47. The Bertz CT molecular complexity index is 890.